The Morgan fingerprint density at radius 3 is 2.62 bits per heavy atom. The van der Waals surface area contributed by atoms with Crippen LogP contribution in [0.4, 0.5) is 0 Å². The van der Waals surface area contributed by atoms with Crippen LogP contribution in [-0.4, -0.2) is 6.54 Å². The lowest BCUT2D eigenvalue weighted by Gasteiger charge is -2.06. The average molecular weight is 231 g/mol. The summed E-state index contributed by atoms with van der Waals surface area (Å²) in [4.78, 5) is 1.40. The highest BCUT2D eigenvalue weighted by atomic mass is 32.1. The van der Waals surface area contributed by atoms with Gasteiger partial charge in [-0.3, -0.25) is 0 Å². The molecule has 0 aliphatic carbocycles. The second-order valence-corrected chi connectivity index (χ2v) is 4.92. The third-order valence-electron chi connectivity index (χ3n) is 2.68. The Kier molecular flexibility index (Phi) is 3.75. The van der Waals surface area contributed by atoms with Crippen molar-refractivity contribution in [3.63, 3.8) is 0 Å². The molecule has 0 aliphatic heterocycles. The molecule has 2 aromatic rings. The van der Waals surface area contributed by atoms with Gasteiger partial charge in [-0.25, -0.2) is 0 Å². The van der Waals surface area contributed by atoms with Crippen LogP contribution < -0.4 is 5.32 Å². The minimum atomic E-state index is 0.963. The summed E-state index contributed by atoms with van der Waals surface area (Å²) in [5.74, 6) is 0. The zero-order valence-electron chi connectivity index (χ0n) is 9.79. The predicted octanol–water partition coefficient (Wildman–Crippen LogP) is 3.83. The average Bonchev–Trinajstić information content (AvgIpc) is 2.69. The first-order chi connectivity index (χ1) is 7.83. The second kappa shape index (κ2) is 5.28. The van der Waals surface area contributed by atoms with Gasteiger partial charge in [0, 0.05) is 11.4 Å². The first-order valence-corrected chi connectivity index (χ1v) is 6.54. The zero-order chi connectivity index (χ0) is 11.4. The van der Waals surface area contributed by atoms with Crippen LogP contribution in [0.3, 0.4) is 0 Å². The fraction of sp³-hybridized carbons (Fsp3) is 0.286. The monoisotopic (exact) mass is 231 g/mol. The zero-order valence-corrected chi connectivity index (χ0v) is 10.6. The van der Waals surface area contributed by atoms with E-state index < -0.39 is 0 Å². The van der Waals surface area contributed by atoms with E-state index in [2.05, 4.69) is 54.9 Å². The Hall–Kier alpha value is -1.12. The molecule has 0 fully saturated rings. The Labute approximate surface area is 101 Å². The lowest BCUT2D eigenvalue weighted by atomic mass is 10.0. The van der Waals surface area contributed by atoms with E-state index in [4.69, 9.17) is 0 Å². The van der Waals surface area contributed by atoms with Crippen molar-refractivity contribution in [1.29, 1.82) is 0 Å². The molecule has 1 aromatic carbocycles. The normalized spacial score (nSPS) is 10.6. The first kappa shape index (κ1) is 11.4. The molecule has 0 saturated carbocycles. The van der Waals surface area contributed by atoms with Gasteiger partial charge >= 0.3 is 0 Å². The quantitative estimate of drug-likeness (QED) is 0.843. The Balaban J connectivity index is 2.35. The van der Waals surface area contributed by atoms with E-state index in [-0.39, 0.29) is 0 Å². The molecule has 0 unspecified atom stereocenters. The molecule has 1 nitrogen and oxygen atoms in total. The molecule has 16 heavy (non-hydrogen) atoms. The van der Waals surface area contributed by atoms with Crippen LogP contribution in [0.2, 0.25) is 0 Å². The third-order valence-corrected chi connectivity index (χ3v) is 3.64. The maximum atomic E-state index is 3.39. The minimum absolute atomic E-state index is 0.963. The molecule has 1 N–H and O–H groups in total. The van der Waals surface area contributed by atoms with Gasteiger partial charge in [-0.15, -0.1) is 11.3 Å². The number of hydrogen-bond acceptors (Lipinski definition) is 2. The van der Waals surface area contributed by atoms with Crippen LogP contribution in [0.15, 0.2) is 35.7 Å². The Morgan fingerprint density at radius 2 is 1.94 bits per heavy atom. The van der Waals surface area contributed by atoms with Gasteiger partial charge in [0.25, 0.3) is 0 Å². The van der Waals surface area contributed by atoms with E-state index in [1.165, 1.54) is 21.6 Å². The second-order valence-electron chi connectivity index (χ2n) is 3.84. The summed E-state index contributed by atoms with van der Waals surface area (Å²) in [5, 5.41) is 5.66. The van der Waals surface area contributed by atoms with E-state index in [0.717, 1.165) is 13.1 Å². The molecule has 0 amide bonds. The highest BCUT2D eigenvalue weighted by molar-refractivity contribution is 7.10. The topological polar surface area (TPSA) is 12.0 Å². The summed E-state index contributed by atoms with van der Waals surface area (Å²) in [6, 6.07) is 10.6. The number of nitrogens with one attached hydrogen (secondary N) is 1. The molecule has 0 spiro atoms. The number of hydrogen-bond donors (Lipinski definition) is 1. The number of aryl methyl sites for hydroxylation is 1. The molecule has 2 rings (SSSR count). The van der Waals surface area contributed by atoms with Crippen molar-refractivity contribution in [2.75, 3.05) is 6.54 Å². The first-order valence-electron chi connectivity index (χ1n) is 5.66. The van der Waals surface area contributed by atoms with Crippen molar-refractivity contribution in [1.82, 2.24) is 5.32 Å². The van der Waals surface area contributed by atoms with Crippen LogP contribution in [0.1, 0.15) is 17.4 Å². The summed E-state index contributed by atoms with van der Waals surface area (Å²) in [7, 11) is 0. The maximum Gasteiger partial charge on any atom is 0.0219 e. The summed E-state index contributed by atoms with van der Waals surface area (Å²) in [5.41, 5.74) is 4.15. The van der Waals surface area contributed by atoms with Crippen molar-refractivity contribution in [2.24, 2.45) is 0 Å². The molecule has 0 bridgehead atoms. The summed E-state index contributed by atoms with van der Waals surface area (Å²) >= 11 is 1.84. The van der Waals surface area contributed by atoms with E-state index in [1.54, 1.807) is 0 Å². The van der Waals surface area contributed by atoms with Crippen molar-refractivity contribution in [2.45, 2.75) is 20.4 Å². The van der Waals surface area contributed by atoms with Crippen LogP contribution in [0.5, 0.6) is 0 Å². The summed E-state index contributed by atoms with van der Waals surface area (Å²) in [6.45, 7) is 6.32. The lowest BCUT2D eigenvalue weighted by Crippen LogP contribution is -2.11. The smallest absolute Gasteiger partial charge is 0.0219 e. The molecule has 1 aromatic heterocycles. The molecule has 0 aliphatic rings. The molecule has 0 saturated heterocycles. The van der Waals surface area contributed by atoms with Crippen molar-refractivity contribution >= 4 is 11.3 Å². The van der Waals surface area contributed by atoms with Gasteiger partial charge in [-0.2, -0.15) is 0 Å². The van der Waals surface area contributed by atoms with E-state index in [9.17, 15) is 0 Å². The van der Waals surface area contributed by atoms with Gasteiger partial charge in [0.15, 0.2) is 0 Å². The fourth-order valence-corrected chi connectivity index (χ4v) is 2.77. The van der Waals surface area contributed by atoms with Crippen LogP contribution in [0, 0.1) is 6.92 Å². The van der Waals surface area contributed by atoms with Crippen molar-refractivity contribution in [3.8, 4) is 11.1 Å². The number of rotatable bonds is 4. The molecular weight excluding hydrogens is 214 g/mol. The van der Waals surface area contributed by atoms with Gasteiger partial charge in [-0.05, 0) is 35.5 Å². The fourth-order valence-electron chi connectivity index (χ4n) is 1.89. The van der Waals surface area contributed by atoms with Gasteiger partial charge in [0.2, 0.25) is 0 Å². The SMILES string of the molecule is CCNCc1csc(C)c1-c1ccccc1. The van der Waals surface area contributed by atoms with Crippen molar-refractivity contribution < 1.29 is 0 Å². The number of benzene rings is 1. The van der Waals surface area contributed by atoms with Gasteiger partial charge in [-0.1, -0.05) is 37.3 Å². The van der Waals surface area contributed by atoms with E-state index in [1.807, 2.05) is 11.3 Å². The molecule has 0 radical (unpaired) electrons. The highest BCUT2D eigenvalue weighted by Crippen LogP contribution is 2.32. The van der Waals surface area contributed by atoms with Gasteiger partial charge in [0.1, 0.15) is 0 Å². The largest absolute Gasteiger partial charge is 0.313 e. The Morgan fingerprint density at radius 1 is 1.19 bits per heavy atom. The third kappa shape index (κ3) is 2.34. The summed E-state index contributed by atoms with van der Waals surface area (Å²) in [6.07, 6.45) is 0. The molecule has 1 heterocycles. The van der Waals surface area contributed by atoms with E-state index >= 15 is 0 Å². The lowest BCUT2D eigenvalue weighted by molar-refractivity contribution is 0.729. The van der Waals surface area contributed by atoms with Crippen LogP contribution >= 0.6 is 11.3 Å². The molecular formula is C14H17NS. The summed E-state index contributed by atoms with van der Waals surface area (Å²) < 4.78 is 0. The number of thiophene rings is 1. The highest BCUT2D eigenvalue weighted by Gasteiger charge is 2.09. The van der Waals surface area contributed by atoms with Gasteiger partial charge in [0.05, 0.1) is 0 Å². The van der Waals surface area contributed by atoms with Crippen LogP contribution in [0.25, 0.3) is 11.1 Å². The standard InChI is InChI=1S/C14H17NS/c1-3-15-9-13-10-16-11(2)14(13)12-7-5-4-6-8-12/h4-8,10,15H,3,9H2,1-2H3. The van der Waals surface area contributed by atoms with E-state index in [0.29, 0.717) is 0 Å². The van der Waals surface area contributed by atoms with Gasteiger partial charge < -0.3 is 5.32 Å². The van der Waals surface area contributed by atoms with Crippen LogP contribution in [-0.2, 0) is 6.54 Å². The molecule has 0 atom stereocenters. The maximum absolute atomic E-state index is 3.39. The molecule has 2 heteroatoms. The Bertz CT molecular complexity index is 445. The van der Waals surface area contributed by atoms with Crippen molar-refractivity contribution in [3.05, 3.63) is 46.2 Å². The minimum Gasteiger partial charge on any atom is -0.313 e. The molecule has 84 valence electrons. The predicted molar refractivity (Wildman–Crippen MR) is 71.9 cm³/mol.